The normalized spacial score (nSPS) is 15.1. The third kappa shape index (κ3) is 5.46. The molecule has 204 valence electrons. The number of nitriles is 1. The second-order valence-corrected chi connectivity index (χ2v) is 15.1. The second-order valence-electron chi connectivity index (χ2n) is 10.6. The summed E-state index contributed by atoms with van der Waals surface area (Å²) in [6.45, 7) is 2.33. The van der Waals surface area contributed by atoms with Crippen LogP contribution in [0.25, 0.3) is 22.3 Å². The minimum absolute atomic E-state index is 0.254. The minimum Gasteiger partial charge on any atom is -0.464 e. The lowest BCUT2D eigenvalue weighted by Gasteiger charge is -2.50. The molecule has 39 heavy (non-hydrogen) atoms. The van der Waals surface area contributed by atoms with Crippen LogP contribution in [0, 0.1) is 11.3 Å². The molecule has 4 aromatic rings. The first-order valence-electron chi connectivity index (χ1n) is 12.5. The number of fused-ring (bicyclic) bond motifs is 1. The Morgan fingerprint density at radius 3 is 2.67 bits per heavy atom. The van der Waals surface area contributed by atoms with Crippen LogP contribution >= 0.6 is 10.0 Å². The van der Waals surface area contributed by atoms with Crippen LogP contribution in [0.15, 0.2) is 49.3 Å². The molecular weight excluding hydrogens is 516 g/mol. The van der Waals surface area contributed by atoms with Gasteiger partial charge in [-0.05, 0) is 37.0 Å². The van der Waals surface area contributed by atoms with Crippen LogP contribution in [0.3, 0.4) is 0 Å². The molecule has 0 amide bonds. The quantitative estimate of drug-likeness (QED) is 0.217. The molecule has 0 aliphatic carbocycles. The van der Waals surface area contributed by atoms with Crippen LogP contribution in [0.2, 0.25) is 0 Å². The van der Waals surface area contributed by atoms with Crippen molar-refractivity contribution in [3.05, 3.63) is 55.0 Å². The van der Waals surface area contributed by atoms with E-state index in [0.717, 1.165) is 33.7 Å². The molecule has 0 radical (unpaired) electrons. The van der Waals surface area contributed by atoms with Gasteiger partial charge >= 0.3 is 5.97 Å². The average Bonchev–Trinajstić information content (AvgIpc) is 3.55. The summed E-state index contributed by atoms with van der Waals surface area (Å²) < 4.78 is 14.5. The SMILES string of the molecule is COC(=O)c1ccc(N2CC(CC#N)(n3cc(-c4ncnc5c4ccn5COCCS(C)(C)C)cn3)C2)cn1. The zero-order valence-electron chi connectivity index (χ0n) is 22.6. The van der Waals surface area contributed by atoms with E-state index in [4.69, 9.17) is 9.47 Å². The Hall–Kier alpha value is -3.95. The van der Waals surface area contributed by atoms with Crippen molar-refractivity contribution in [2.45, 2.75) is 18.7 Å². The fourth-order valence-corrected chi connectivity index (χ4v) is 5.26. The maximum atomic E-state index is 11.7. The van der Waals surface area contributed by atoms with Crippen molar-refractivity contribution in [3.63, 3.8) is 0 Å². The van der Waals surface area contributed by atoms with Gasteiger partial charge in [0.25, 0.3) is 0 Å². The van der Waals surface area contributed by atoms with E-state index in [0.29, 0.717) is 32.8 Å². The molecule has 1 saturated heterocycles. The lowest BCUT2D eigenvalue weighted by atomic mass is 9.86. The molecule has 0 spiro atoms. The van der Waals surface area contributed by atoms with Crippen LogP contribution in [-0.4, -0.2) is 86.6 Å². The van der Waals surface area contributed by atoms with Gasteiger partial charge in [0.2, 0.25) is 0 Å². The van der Waals surface area contributed by atoms with Crippen molar-refractivity contribution < 1.29 is 14.3 Å². The van der Waals surface area contributed by atoms with E-state index in [1.807, 2.05) is 33.8 Å². The Morgan fingerprint density at radius 2 is 1.97 bits per heavy atom. The zero-order chi connectivity index (χ0) is 27.6. The molecule has 12 heteroatoms. The molecule has 5 heterocycles. The van der Waals surface area contributed by atoms with Crippen molar-refractivity contribution in [2.75, 3.05) is 56.2 Å². The lowest BCUT2D eigenvalue weighted by molar-refractivity contribution is 0.0594. The molecule has 0 saturated carbocycles. The van der Waals surface area contributed by atoms with Gasteiger partial charge in [-0.15, -0.1) is 0 Å². The van der Waals surface area contributed by atoms with E-state index in [9.17, 15) is 10.1 Å². The number of carbonyl (C=O) groups excluding carboxylic acids is 1. The third-order valence-electron chi connectivity index (χ3n) is 6.85. The van der Waals surface area contributed by atoms with E-state index in [1.165, 1.54) is 7.11 Å². The number of pyridine rings is 1. The number of aromatic nitrogens is 6. The number of methoxy groups -OCH3 is 1. The van der Waals surface area contributed by atoms with E-state index in [1.54, 1.807) is 24.8 Å². The molecule has 11 nitrogen and oxygen atoms in total. The van der Waals surface area contributed by atoms with Gasteiger partial charge < -0.3 is 18.9 Å². The highest BCUT2D eigenvalue weighted by Gasteiger charge is 2.46. The second kappa shape index (κ2) is 10.7. The van der Waals surface area contributed by atoms with E-state index >= 15 is 0 Å². The summed E-state index contributed by atoms with van der Waals surface area (Å²) in [6, 6.07) is 7.80. The van der Waals surface area contributed by atoms with Gasteiger partial charge in [0.05, 0.1) is 50.0 Å². The van der Waals surface area contributed by atoms with E-state index < -0.39 is 21.5 Å². The summed E-state index contributed by atoms with van der Waals surface area (Å²) in [4.78, 5) is 27.0. The first-order valence-corrected chi connectivity index (χ1v) is 15.5. The van der Waals surface area contributed by atoms with Crippen LogP contribution in [-0.2, 0) is 21.7 Å². The van der Waals surface area contributed by atoms with Gasteiger partial charge in [0, 0.05) is 42.2 Å². The number of hydrogen-bond acceptors (Lipinski definition) is 9. The Morgan fingerprint density at radius 1 is 1.15 bits per heavy atom. The van der Waals surface area contributed by atoms with Gasteiger partial charge in [-0.3, -0.25) is 4.68 Å². The number of esters is 1. The average molecular weight is 549 g/mol. The van der Waals surface area contributed by atoms with Crippen molar-refractivity contribution in [3.8, 4) is 17.3 Å². The molecule has 5 rings (SSSR count). The molecule has 0 aromatic carbocycles. The molecule has 1 fully saturated rings. The number of carbonyl (C=O) groups is 1. The van der Waals surface area contributed by atoms with Crippen molar-refractivity contribution >= 4 is 32.7 Å². The number of hydrogen-bond donors (Lipinski definition) is 0. The maximum Gasteiger partial charge on any atom is 0.356 e. The summed E-state index contributed by atoms with van der Waals surface area (Å²) >= 11 is 0. The van der Waals surface area contributed by atoms with Gasteiger partial charge in [-0.2, -0.15) is 10.4 Å². The number of ether oxygens (including phenoxy) is 2. The number of anilines is 1. The van der Waals surface area contributed by atoms with Crippen molar-refractivity contribution in [2.24, 2.45) is 0 Å². The zero-order valence-corrected chi connectivity index (χ0v) is 23.4. The Labute approximate surface area is 228 Å². The van der Waals surface area contributed by atoms with Crippen molar-refractivity contribution in [1.29, 1.82) is 5.26 Å². The highest BCUT2D eigenvalue weighted by atomic mass is 32.3. The minimum atomic E-state index is -0.599. The van der Waals surface area contributed by atoms with Crippen molar-refractivity contribution in [1.82, 2.24) is 29.3 Å². The van der Waals surface area contributed by atoms with Gasteiger partial charge in [-0.25, -0.2) is 29.8 Å². The molecule has 1 aliphatic heterocycles. The summed E-state index contributed by atoms with van der Waals surface area (Å²) in [7, 11) is 0.728. The number of rotatable bonds is 10. The first-order chi connectivity index (χ1) is 18.7. The summed E-state index contributed by atoms with van der Waals surface area (Å²) in [6.07, 6.45) is 16.1. The predicted octanol–water partition coefficient (Wildman–Crippen LogP) is 3.27. The highest BCUT2D eigenvalue weighted by Crippen LogP contribution is 2.37. The Bertz CT molecular complexity index is 1510. The standard InChI is InChI=1S/C27H32N8O3S/c1-37-26(36)23-6-5-21(14-29-23)34-16-27(17-34,8-9-28)35-15-20(13-32-35)24-22-7-10-33(25(22)31-18-30-24)19-38-11-12-39(2,3)4/h5-7,10,13-15,18H,8,11-12,16-17,19H2,1-4H3. The highest BCUT2D eigenvalue weighted by molar-refractivity contribution is 8.32. The fourth-order valence-electron chi connectivity index (χ4n) is 4.64. The predicted molar refractivity (Wildman–Crippen MR) is 151 cm³/mol. The Kier molecular flexibility index (Phi) is 7.29. The smallest absolute Gasteiger partial charge is 0.356 e. The summed E-state index contributed by atoms with van der Waals surface area (Å²) in [5.41, 5.74) is 3.10. The Balaban J connectivity index is 1.32. The largest absolute Gasteiger partial charge is 0.464 e. The lowest BCUT2D eigenvalue weighted by Crippen LogP contribution is -2.63. The monoisotopic (exact) mass is 548 g/mol. The summed E-state index contributed by atoms with van der Waals surface area (Å²) in [5.74, 6) is 0.583. The summed E-state index contributed by atoms with van der Waals surface area (Å²) in [5, 5.41) is 15.2. The van der Waals surface area contributed by atoms with E-state index in [2.05, 4.69) is 49.8 Å². The molecule has 0 atom stereocenters. The molecule has 0 N–H and O–H groups in total. The first kappa shape index (κ1) is 26.6. The molecule has 0 unspecified atom stereocenters. The fraction of sp³-hybridized carbons (Fsp3) is 0.407. The molecule has 4 aromatic heterocycles. The topological polar surface area (TPSA) is 124 Å². The third-order valence-corrected chi connectivity index (χ3v) is 8.25. The maximum absolute atomic E-state index is 11.7. The van der Waals surface area contributed by atoms with Crippen LogP contribution in [0.5, 0.6) is 0 Å². The van der Waals surface area contributed by atoms with Gasteiger partial charge in [-0.1, -0.05) is 0 Å². The molecular formula is C27H32N8O3S. The molecule has 1 aliphatic rings. The van der Waals surface area contributed by atoms with Crippen LogP contribution in [0.4, 0.5) is 5.69 Å². The van der Waals surface area contributed by atoms with Gasteiger partial charge in [0.15, 0.2) is 0 Å². The van der Waals surface area contributed by atoms with Crippen LogP contribution in [0.1, 0.15) is 16.9 Å². The van der Waals surface area contributed by atoms with Crippen LogP contribution < -0.4 is 4.90 Å². The molecule has 0 bridgehead atoms. The van der Waals surface area contributed by atoms with E-state index in [-0.39, 0.29) is 5.69 Å². The van der Waals surface area contributed by atoms with Gasteiger partial charge in [0.1, 0.15) is 29.9 Å². The number of nitrogens with zero attached hydrogens (tertiary/aromatic N) is 8.